The molecule has 2 rings (SSSR count). The molecule has 0 aromatic carbocycles. The first kappa shape index (κ1) is 10.6. The predicted molar refractivity (Wildman–Crippen MR) is 63.1 cm³/mol. The fourth-order valence-corrected chi connectivity index (χ4v) is 1.64. The van der Waals surface area contributed by atoms with Gasteiger partial charge < -0.3 is 9.63 Å². The Morgan fingerprint density at radius 2 is 2.27 bits per heavy atom. The van der Waals surface area contributed by atoms with Crippen molar-refractivity contribution in [2.45, 2.75) is 13.5 Å². The lowest BCUT2D eigenvalue weighted by molar-refractivity contribution is 0.278. The van der Waals surface area contributed by atoms with Crippen LogP contribution < -0.4 is 0 Å². The zero-order chi connectivity index (χ0) is 10.8. The fraction of sp³-hybridized carbons (Fsp3) is 0.200. The first-order chi connectivity index (χ1) is 7.22. The largest absolute Gasteiger partial charge is 0.391 e. The summed E-state index contributed by atoms with van der Waals surface area (Å²) in [6.07, 6.45) is 1.72. The van der Waals surface area contributed by atoms with Crippen LogP contribution in [0.1, 0.15) is 11.3 Å². The molecule has 0 amide bonds. The van der Waals surface area contributed by atoms with Crippen LogP contribution in [0.25, 0.3) is 11.3 Å². The number of pyridine rings is 1. The van der Waals surface area contributed by atoms with Gasteiger partial charge in [-0.2, -0.15) is 0 Å². The molecule has 4 nitrogen and oxygen atoms in total. The molecule has 78 valence electrons. The number of aliphatic hydroxyl groups excluding tert-OH is 1. The molecular formula is C10H9IN2O2. The average molecular weight is 316 g/mol. The Balaban J connectivity index is 2.49. The van der Waals surface area contributed by atoms with Crippen molar-refractivity contribution in [1.82, 2.24) is 10.1 Å². The number of rotatable bonds is 2. The van der Waals surface area contributed by atoms with E-state index in [1.54, 1.807) is 13.1 Å². The molecule has 0 radical (unpaired) electrons. The Kier molecular flexibility index (Phi) is 3.01. The summed E-state index contributed by atoms with van der Waals surface area (Å²) >= 11 is 2.13. The van der Waals surface area contributed by atoms with Crippen molar-refractivity contribution in [2.24, 2.45) is 0 Å². The lowest BCUT2D eigenvalue weighted by Gasteiger charge is -1.98. The normalized spacial score (nSPS) is 10.6. The van der Waals surface area contributed by atoms with E-state index in [0.29, 0.717) is 11.5 Å². The minimum atomic E-state index is -0.0728. The first-order valence-electron chi connectivity index (χ1n) is 4.40. The van der Waals surface area contributed by atoms with Gasteiger partial charge in [0.15, 0.2) is 0 Å². The Bertz CT molecular complexity index is 465. The van der Waals surface area contributed by atoms with Crippen LogP contribution in [0.2, 0.25) is 0 Å². The van der Waals surface area contributed by atoms with Gasteiger partial charge in [-0.15, -0.1) is 0 Å². The molecule has 0 atom stereocenters. The van der Waals surface area contributed by atoms with Crippen molar-refractivity contribution in [3.8, 4) is 11.3 Å². The highest BCUT2D eigenvalue weighted by molar-refractivity contribution is 14.1. The molecule has 2 aromatic heterocycles. The van der Waals surface area contributed by atoms with Gasteiger partial charge in [-0.25, -0.2) is 4.98 Å². The predicted octanol–water partition coefficient (Wildman–Crippen LogP) is 2.14. The minimum Gasteiger partial charge on any atom is -0.391 e. The number of nitrogens with zero attached hydrogens (tertiary/aromatic N) is 2. The summed E-state index contributed by atoms with van der Waals surface area (Å²) in [5.41, 5.74) is 2.24. The summed E-state index contributed by atoms with van der Waals surface area (Å²) in [5, 5.41) is 13.1. The highest BCUT2D eigenvalue weighted by Crippen LogP contribution is 2.24. The maximum absolute atomic E-state index is 9.18. The molecule has 0 saturated carbocycles. The second-order valence-electron chi connectivity index (χ2n) is 3.09. The molecule has 15 heavy (non-hydrogen) atoms. The van der Waals surface area contributed by atoms with Crippen molar-refractivity contribution >= 4 is 22.6 Å². The van der Waals surface area contributed by atoms with Crippen LogP contribution in [0.4, 0.5) is 0 Å². The molecular weight excluding hydrogens is 307 g/mol. The van der Waals surface area contributed by atoms with Gasteiger partial charge in [0.1, 0.15) is 15.2 Å². The maximum Gasteiger partial charge on any atom is 0.139 e. The van der Waals surface area contributed by atoms with E-state index in [9.17, 15) is 5.11 Å². The topological polar surface area (TPSA) is 59.2 Å². The van der Waals surface area contributed by atoms with Gasteiger partial charge in [-0.3, -0.25) is 0 Å². The van der Waals surface area contributed by atoms with Crippen LogP contribution in [0, 0.1) is 10.6 Å². The monoisotopic (exact) mass is 316 g/mol. The highest BCUT2D eigenvalue weighted by atomic mass is 127. The second-order valence-corrected chi connectivity index (χ2v) is 4.20. The molecule has 0 aliphatic heterocycles. The zero-order valence-electron chi connectivity index (χ0n) is 8.07. The number of halogens is 1. The third-order valence-corrected chi connectivity index (χ3v) is 2.78. The lowest BCUT2D eigenvalue weighted by Crippen LogP contribution is -1.89. The Morgan fingerprint density at radius 1 is 1.47 bits per heavy atom. The van der Waals surface area contributed by atoms with E-state index in [1.165, 1.54) is 0 Å². The summed E-state index contributed by atoms with van der Waals surface area (Å²) < 4.78 is 5.95. The molecule has 2 heterocycles. The number of aliphatic hydroxyl groups is 1. The summed E-state index contributed by atoms with van der Waals surface area (Å²) in [6, 6.07) is 3.80. The van der Waals surface area contributed by atoms with Crippen LogP contribution in [0.3, 0.4) is 0 Å². The molecule has 0 saturated heterocycles. The van der Waals surface area contributed by atoms with Gasteiger partial charge >= 0.3 is 0 Å². The smallest absolute Gasteiger partial charge is 0.139 e. The van der Waals surface area contributed by atoms with E-state index >= 15 is 0 Å². The number of aryl methyl sites for hydroxylation is 1. The quantitative estimate of drug-likeness (QED) is 0.681. The molecule has 0 aliphatic rings. The van der Waals surface area contributed by atoms with Crippen molar-refractivity contribution in [3.05, 3.63) is 33.4 Å². The van der Waals surface area contributed by atoms with Crippen LogP contribution in [0.15, 0.2) is 22.9 Å². The molecule has 0 fully saturated rings. The first-order valence-corrected chi connectivity index (χ1v) is 5.48. The fourth-order valence-electron chi connectivity index (χ4n) is 1.32. The van der Waals surface area contributed by atoms with Crippen LogP contribution in [0.5, 0.6) is 0 Å². The van der Waals surface area contributed by atoms with Crippen molar-refractivity contribution in [1.29, 1.82) is 0 Å². The van der Waals surface area contributed by atoms with Gasteiger partial charge in [-0.1, -0.05) is 5.16 Å². The average Bonchev–Trinajstić information content (AvgIpc) is 2.61. The maximum atomic E-state index is 9.18. The number of hydrogen-bond donors (Lipinski definition) is 1. The standard InChI is InChI=1S/C10H9IN2O2/c1-6-8(5-14)10(13-15-6)7-2-3-9(11)12-4-7/h2-4,14H,5H2,1H3. The zero-order valence-corrected chi connectivity index (χ0v) is 10.2. The summed E-state index contributed by atoms with van der Waals surface area (Å²) in [4.78, 5) is 4.16. The van der Waals surface area contributed by atoms with Crippen LogP contribution in [-0.2, 0) is 6.61 Å². The highest BCUT2D eigenvalue weighted by Gasteiger charge is 2.13. The molecule has 0 bridgehead atoms. The van der Waals surface area contributed by atoms with E-state index in [0.717, 1.165) is 14.8 Å². The van der Waals surface area contributed by atoms with Gasteiger partial charge in [0.2, 0.25) is 0 Å². The SMILES string of the molecule is Cc1onc(-c2ccc(I)nc2)c1CO. The van der Waals surface area contributed by atoms with E-state index < -0.39 is 0 Å². The molecule has 5 heteroatoms. The molecule has 1 N–H and O–H groups in total. The van der Waals surface area contributed by atoms with Gasteiger partial charge in [0, 0.05) is 17.3 Å². The van der Waals surface area contributed by atoms with Gasteiger partial charge in [0.25, 0.3) is 0 Å². The Morgan fingerprint density at radius 3 is 2.87 bits per heavy atom. The van der Waals surface area contributed by atoms with Gasteiger partial charge in [-0.05, 0) is 41.6 Å². The van der Waals surface area contributed by atoms with Crippen LogP contribution in [-0.4, -0.2) is 15.2 Å². The van der Waals surface area contributed by atoms with E-state index in [2.05, 4.69) is 32.7 Å². The molecule has 2 aromatic rings. The molecule has 0 aliphatic carbocycles. The third-order valence-electron chi connectivity index (χ3n) is 2.14. The van der Waals surface area contributed by atoms with Crippen molar-refractivity contribution in [2.75, 3.05) is 0 Å². The van der Waals surface area contributed by atoms with Crippen molar-refractivity contribution in [3.63, 3.8) is 0 Å². The summed E-state index contributed by atoms with van der Waals surface area (Å²) in [5.74, 6) is 0.644. The number of hydrogen-bond acceptors (Lipinski definition) is 4. The molecule has 0 unspecified atom stereocenters. The Labute approximate surface area is 100 Å². The van der Waals surface area contributed by atoms with Crippen molar-refractivity contribution < 1.29 is 9.63 Å². The summed E-state index contributed by atoms with van der Waals surface area (Å²) in [6.45, 7) is 1.71. The lowest BCUT2D eigenvalue weighted by atomic mass is 10.1. The minimum absolute atomic E-state index is 0.0728. The van der Waals surface area contributed by atoms with Crippen LogP contribution >= 0.6 is 22.6 Å². The summed E-state index contributed by atoms with van der Waals surface area (Å²) in [7, 11) is 0. The number of aromatic nitrogens is 2. The second kappa shape index (κ2) is 4.28. The van der Waals surface area contributed by atoms with E-state index in [-0.39, 0.29) is 6.61 Å². The third kappa shape index (κ3) is 2.03. The van der Waals surface area contributed by atoms with Gasteiger partial charge in [0.05, 0.1) is 6.61 Å². The van der Waals surface area contributed by atoms with E-state index in [1.807, 2.05) is 12.1 Å². The Hall–Kier alpha value is -0.950. The molecule has 0 spiro atoms. The van der Waals surface area contributed by atoms with E-state index in [4.69, 9.17) is 4.52 Å².